The summed E-state index contributed by atoms with van der Waals surface area (Å²) in [4.78, 5) is 38.1. The Kier molecular flexibility index (Phi) is 5.06. The lowest BCUT2D eigenvalue weighted by atomic mass is 9.79. The van der Waals surface area contributed by atoms with Gasteiger partial charge in [-0.25, -0.2) is 0 Å². The van der Waals surface area contributed by atoms with Crippen molar-refractivity contribution in [3.8, 4) is 0 Å². The Hall–Kier alpha value is -2.38. The monoisotopic (exact) mass is 502 g/mol. The van der Waals surface area contributed by atoms with Gasteiger partial charge in [-0.3, -0.25) is 14.4 Å². The summed E-state index contributed by atoms with van der Waals surface area (Å²) in [6, 6.07) is 12.1. The van der Waals surface area contributed by atoms with Crippen LogP contribution in [0.2, 0.25) is 5.02 Å². The number of fused-ring (bicyclic) bond motifs is 1. The van der Waals surface area contributed by atoms with E-state index < -0.39 is 5.92 Å². The lowest BCUT2D eigenvalue weighted by Gasteiger charge is -2.27. The van der Waals surface area contributed by atoms with E-state index >= 15 is 0 Å². The van der Waals surface area contributed by atoms with E-state index in [1.807, 2.05) is 6.92 Å². The topological polar surface area (TPSA) is 84.5 Å². The van der Waals surface area contributed by atoms with Crippen molar-refractivity contribution in [2.45, 2.75) is 24.3 Å². The van der Waals surface area contributed by atoms with Crippen LogP contribution in [0.5, 0.6) is 0 Å². The number of amides is 2. The van der Waals surface area contributed by atoms with Crippen LogP contribution in [0, 0.1) is 30.6 Å². The lowest BCUT2D eigenvalue weighted by molar-refractivity contribution is -0.145. The van der Waals surface area contributed by atoms with Crippen LogP contribution in [0.3, 0.4) is 0 Å². The Balaban J connectivity index is 1.32. The third-order valence-corrected chi connectivity index (χ3v) is 8.34. The summed E-state index contributed by atoms with van der Waals surface area (Å²) in [5.41, 5.74) is 2.33. The van der Waals surface area contributed by atoms with Crippen LogP contribution in [0.15, 0.2) is 42.5 Å². The van der Waals surface area contributed by atoms with Crippen LogP contribution in [-0.2, 0) is 14.3 Å². The normalized spacial score (nSPS) is 30.2. The molecule has 31 heavy (non-hydrogen) atoms. The number of rotatable bonds is 4. The number of benzene rings is 2. The molecule has 3 aliphatic rings. The Morgan fingerprint density at radius 2 is 1.90 bits per heavy atom. The van der Waals surface area contributed by atoms with Crippen molar-refractivity contribution in [1.82, 2.24) is 0 Å². The average Bonchev–Trinajstić information content (AvgIpc) is 3.36. The fraction of sp³-hybridized carbons (Fsp3) is 0.348. The number of hydrogen-bond donors (Lipinski definition) is 2. The number of carbonyl (C=O) groups is 3. The highest BCUT2D eigenvalue weighted by molar-refractivity contribution is 9.09. The van der Waals surface area contributed by atoms with Crippen LogP contribution >= 0.6 is 27.5 Å². The van der Waals surface area contributed by atoms with E-state index in [0.717, 1.165) is 12.0 Å². The Bertz CT molecular complexity index is 1110. The van der Waals surface area contributed by atoms with Crippen LogP contribution in [-0.4, -0.2) is 28.7 Å². The van der Waals surface area contributed by atoms with Crippen LogP contribution < -0.4 is 10.6 Å². The van der Waals surface area contributed by atoms with Gasteiger partial charge in [-0.1, -0.05) is 39.7 Å². The smallest absolute Gasteiger partial charge is 0.310 e. The predicted octanol–water partition coefficient (Wildman–Crippen LogP) is 4.41. The van der Waals surface area contributed by atoms with Crippen molar-refractivity contribution in [3.63, 3.8) is 0 Å². The predicted molar refractivity (Wildman–Crippen MR) is 120 cm³/mol. The SMILES string of the molecule is Cc1c(Cl)cccc1NC(=O)c1cccc(NC(=O)[C@@H]2[C@H]3C[C@H]4[C@H](OC(=O)[C@H]42)[C@@H]3Br)c1. The molecule has 8 heteroatoms. The first-order valence-corrected chi connectivity index (χ1v) is 11.5. The molecular formula is C23H20BrClN2O4. The van der Waals surface area contributed by atoms with Gasteiger partial charge in [-0.05, 0) is 55.2 Å². The van der Waals surface area contributed by atoms with Gasteiger partial charge in [0.25, 0.3) is 5.91 Å². The van der Waals surface area contributed by atoms with Crippen LogP contribution in [0.25, 0.3) is 0 Å². The van der Waals surface area contributed by atoms with Crippen molar-refractivity contribution in [2.24, 2.45) is 23.7 Å². The third kappa shape index (κ3) is 3.34. The highest BCUT2D eigenvalue weighted by Gasteiger charge is 2.67. The fourth-order valence-corrected chi connectivity index (χ4v) is 6.45. The number of halogens is 2. The summed E-state index contributed by atoms with van der Waals surface area (Å²) in [7, 11) is 0. The van der Waals surface area contributed by atoms with E-state index in [9.17, 15) is 14.4 Å². The Morgan fingerprint density at radius 1 is 1.13 bits per heavy atom. The zero-order valence-corrected chi connectivity index (χ0v) is 18.9. The second-order valence-electron chi connectivity index (χ2n) is 8.40. The van der Waals surface area contributed by atoms with Gasteiger partial charge in [0, 0.05) is 27.9 Å². The highest BCUT2D eigenvalue weighted by atomic mass is 79.9. The standard InChI is InChI=1S/C23H20BrClN2O4/c1-10-15(25)6-3-7-16(10)27-21(28)11-4-2-5-12(8-11)26-22(29)17-13-9-14-18(17)23(30)31-20(14)19(13)24/h2-8,13-14,17-20H,9H2,1H3,(H,26,29)(H,27,28)/t13-,14-,17-,18-,19-,20+/m1/s1. The zero-order chi connectivity index (χ0) is 21.9. The number of nitrogens with one attached hydrogen (secondary N) is 2. The molecule has 2 aromatic rings. The van der Waals surface area contributed by atoms with E-state index in [0.29, 0.717) is 22.0 Å². The number of ether oxygens (including phenoxy) is 1. The molecule has 1 aliphatic heterocycles. The molecule has 2 amide bonds. The van der Waals surface area contributed by atoms with Crippen LogP contribution in [0.1, 0.15) is 22.3 Å². The number of alkyl halides is 1. The molecule has 2 saturated carbocycles. The van der Waals surface area contributed by atoms with E-state index in [2.05, 4.69) is 26.6 Å². The fourth-order valence-electron chi connectivity index (χ4n) is 5.23. The maximum absolute atomic E-state index is 13.1. The summed E-state index contributed by atoms with van der Waals surface area (Å²) in [6.07, 6.45) is 0.699. The maximum Gasteiger partial charge on any atom is 0.310 e. The Morgan fingerprint density at radius 3 is 2.71 bits per heavy atom. The quantitative estimate of drug-likeness (QED) is 0.478. The van der Waals surface area contributed by atoms with Crippen molar-refractivity contribution in [3.05, 3.63) is 58.6 Å². The minimum atomic E-state index is -0.424. The van der Waals surface area contributed by atoms with Gasteiger partial charge in [0.1, 0.15) is 6.10 Å². The molecule has 1 heterocycles. The lowest BCUT2D eigenvalue weighted by Crippen LogP contribution is -2.40. The van der Waals surface area contributed by atoms with Gasteiger partial charge in [0.05, 0.1) is 16.7 Å². The summed E-state index contributed by atoms with van der Waals surface area (Å²) < 4.78 is 5.48. The molecule has 0 aromatic heterocycles. The first kappa shape index (κ1) is 20.5. The molecule has 0 radical (unpaired) electrons. The maximum atomic E-state index is 13.1. The largest absolute Gasteiger partial charge is 0.461 e. The van der Waals surface area contributed by atoms with E-state index in [-0.39, 0.29) is 46.5 Å². The van der Waals surface area contributed by atoms with E-state index in [4.69, 9.17) is 16.3 Å². The molecule has 6 nitrogen and oxygen atoms in total. The molecule has 3 fully saturated rings. The minimum Gasteiger partial charge on any atom is -0.461 e. The van der Waals surface area contributed by atoms with Crippen molar-refractivity contribution < 1.29 is 19.1 Å². The molecule has 1 saturated heterocycles. The van der Waals surface area contributed by atoms with Crippen LogP contribution in [0.4, 0.5) is 11.4 Å². The highest BCUT2D eigenvalue weighted by Crippen LogP contribution is 2.60. The number of anilines is 2. The Labute approximate surface area is 192 Å². The van der Waals surface area contributed by atoms with Crippen molar-refractivity contribution in [2.75, 3.05) is 10.6 Å². The molecule has 2 aliphatic carbocycles. The summed E-state index contributed by atoms with van der Waals surface area (Å²) in [6.45, 7) is 1.83. The first-order chi connectivity index (χ1) is 14.8. The molecule has 2 aromatic carbocycles. The molecule has 5 rings (SSSR count). The molecular weight excluding hydrogens is 484 g/mol. The number of hydrogen-bond acceptors (Lipinski definition) is 4. The van der Waals surface area contributed by atoms with Crippen molar-refractivity contribution in [1.29, 1.82) is 0 Å². The third-order valence-electron chi connectivity index (χ3n) is 6.73. The molecule has 6 atom stereocenters. The first-order valence-electron chi connectivity index (χ1n) is 10.2. The van der Waals surface area contributed by atoms with E-state index in [1.54, 1.807) is 42.5 Å². The summed E-state index contributed by atoms with van der Waals surface area (Å²) >= 11 is 9.75. The van der Waals surface area contributed by atoms with Crippen molar-refractivity contribution >= 4 is 56.7 Å². The number of esters is 1. The van der Waals surface area contributed by atoms with Gasteiger partial charge >= 0.3 is 5.97 Å². The van der Waals surface area contributed by atoms with Gasteiger partial charge < -0.3 is 15.4 Å². The second-order valence-corrected chi connectivity index (χ2v) is 9.86. The summed E-state index contributed by atoms with van der Waals surface area (Å²) in [5, 5.41) is 6.33. The number of carbonyl (C=O) groups excluding carboxylic acids is 3. The molecule has 2 bridgehead atoms. The second kappa shape index (κ2) is 7.64. The van der Waals surface area contributed by atoms with Gasteiger partial charge in [-0.15, -0.1) is 0 Å². The minimum absolute atomic E-state index is 0.00833. The molecule has 0 spiro atoms. The average molecular weight is 504 g/mol. The van der Waals surface area contributed by atoms with Gasteiger partial charge in [0.2, 0.25) is 5.91 Å². The molecule has 2 N–H and O–H groups in total. The summed E-state index contributed by atoms with van der Waals surface area (Å²) in [5.74, 6) is -1.40. The van der Waals surface area contributed by atoms with Gasteiger partial charge in [-0.2, -0.15) is 0 Å². The molecule has 0 unspecified atom stereocenters. The van der Waals surface area contributed by atoms with E-state index in [1.165, 1.54) is 0 Å². The van der Waals surface area contributed by atoms with Gasteiger partial charge in [0.15, 0.2) is 0 Å². The zero-order valence-electron chi connectivity index (χ0n) is 16.6. The molecule has 160 valence electrons.